The first-order chi connectivity index (χ1) is 13.8. The summed E-state index contributed by atoms with van der Waals surface area (Å²) in [5.74, 6) is 0.164. The molecule has 0 aliphatic carbocycles. The Morgan fingerprint density at radius 1 is 1.21 bits per heavy atom. The summed E-state index contributed by atoms with van der Waals surface area (Å²) in [5.41, 5.74) is 2.78. The minimum atomic E-state index is 0.0113. The van der Waals surface area contributed by atoms with Crippen molar-refractivity contribution in [2.45, 2.75) is 45.7 Å². The number of Topliss-reactive ketones (excluding diaryl/α,β-unsaturated/α-hetero) is 1. The number of likely N-dealkylation sites (N-methyl/N-ethyl adjacent to an activating group) is 1. The normalized spacial score (nSPS) is 20.3. The summed E-state index contributed by atoms with van der Waals surface area (Å²) in [5, 5.41) is 10.6. The van der Waals surface area contributed by atoms with Crippen LogP contribution < -0.4 is 0 Å². The molecule has 1 aromatic carbocycles. The summed E-state index contributed by atoms with van der Waals surface area (Å²) in [6.07, 6.45) is 4.56. The summed E-state index contributed by atoms with van der Waals surface area (Å²) in [7, 11) is 4.08. The van der Waals surface area contributed by atoms with Gasteiger partial charge < -0.3 is 19.5 Å². The van der Waals surface area contributed by atoms with Crippen molar-refractivity contribution >= 4 is 22.6 Å². The fourth-order valence-electron chi connectivity index (χ4n) is 4.40. The molecule has 0 radical (unpaired) electrons. The number of aryl methyl sites for hydroxylation is 1. The zero-order chi connectivity index (χ0) is 21.1. The number of hydrogen-bond acceptors (Lipinski definition) is 4. The number of fused-ring (bicyclic) bond motifs is 1. The molecule has 2 heterocycles. The Morgan fingerprint density at radius 3 is 2.59 bits per heavy atom. The van der Waals surface area contributed by atoms with Gasteiger partial charge in [-0.05, 0) is 51.8 Å². The van der Waals surface area contributed by atoms with Crippen LogP contribution in [0.5, 0.6) is 0 Å². The highest BCUT2D eigenvalue weighted by molar-refractivity contribution is 6.07. The number of para-hydroxylation sites is 1. The molecule has 6 nitrogen and oxygen atoms in total. The van der Waals surface area contributed by atoms with Crippen molar-refractivity contribution in [3.8, 4) is 0 Å². The molecule has 158 valence electrons. The third-order valence-corrected chi connectivity index (χ3v) is 6.21. The highest BCUT2D eigenvalue weighted by atomic mass is 16.3. The minimum absolute atomic E-state index is 0.0113. The third kappa shape index (κ3) is 4.54. The van der Waals surface area contributed by atoms with E-state index < -0.39 is 0 Å². The first-order valence-corrected chi connectivity index (χ1v) is 10.5. The zero-order valence-corrected chi connectivity index (χ0v) is 18.0. The van der Waals surface area contributed by atoms with Gasteiger partial charge in [0.25, 0.3) is 0 Å². The van der Waals surface area contributed by atoms with E-state index in [-0.39, 0.29) is 36.8 Å². The molecule has 0 saturated carbocycles. The maximum Gasteiger partial charge on any atom is 0.242 e. The molecule has 6 heteroatoms. The first-order valence-electron chi connectivity index (χ1n) is 10.5. The van der Waals surface area contributed by atoms with Crippen LogP contribution in [0.15, 0.2) is 24.4 Å². The maximum atomic E-state index is 13.3. The van der Waals surface area contributed by atoms with E-state index >= 15 is 0 Å². The van der Waals surface area contributed by atoms with Crippen LogP contribution in [-0.4, -0.2) is 71.0 Å². The molecule has 29 heavy (non-hydrogen) atoms. The standard InChI is InChI=1S/C23H33N3O3/c1-5-18-7-6-8-20-21(16(2)28)13-26(23(18)20)14-22(29)25-11-17(15-27)9-10-19(12-25)24(3)4/h6-8,13,17,19,27H,5,9-12,14-15H2,1-4H3/t17-,19+/m0/s1. The number of hydrogen-bond donors (Lipinski definition) is 1. The number of carbonyl (C=O) groups is 2. The van der Waals surface area contributed by atoms with Crippen LogP contribution in [0.3, 0.4) is 0 Å². The molecular weight excluding hydrogens is 366 g/mol. The van der Waals surface area contributed by atoms with E-state index in [2.05, 4.69) is 17.9 Å². The number of nitrogens with zero attached hydrogens (tertiary/aromatic N) is 3. The molecule has 2 atom stereocenters. The summed E-state index contributed by atoms with van der Waals surface area (Å²) >= 11 is 0. The van der Waals surface area contributed by atoms with Crippen LogP contribution in [0.25, 0.3) is 10.9 Å². The SMILES string of the molecule is CCc1cccc2c(C(C)=O)cn(CC(=O)N3C[C@@H](CO)CC[C@@H](N(C)C)C3)c12. The van der Waals surface area contributed by atoms with Gasteiger partial charge in [-0.15, -0.1) is 0 Å². The smallest absolute Gasteiger partial charge is 0.242 e. The van der Waals surface area contributed by atoms with Crippen molar-refractivity contribution in [1.29, 1.82) is 0 Å². The fourth-order valence-corrected chi connectivity index (χ4v) is 4.40. The van der Waals surface area contributed by atoms with E-state index in [0.29, 0.717) is 18.7 Å². The molecule has 0 unspecified atom stereocenters. The summed E-state index contributed by atoms with van der Waals surface area (Å²) in [6.45, 7) is 5.22. The summed E-state index contributed by atoms with van der Waals surface area (Å²) < 4.78 is 1.94. The Bertz CT molecular complexity index is 887. The number of aliphatic hydroxyl groups is 1. The first kappa shape index (κ1) is 21.5. The third-order valence-electron chi connectivity index (χ3n) is 6.21. The average Bonchev–Trinajstić information content (AvgIpc) is 2.92. The van der Waals surface area contributed by atoms with Gasteiger partial charge in [0, 0.05) is 42.9 Å². The van der Waals surface area contributed by atoms with E-state index in [1.807, 2.05) is 41.9 Å². The molecular formula is C23H33N3O3. The van der Waals surface area contributed by atoms with E-state index in [4.69, 9.17) is 0 Å². The fraction of sp³-hybridized carbons (Fsp3) is 0.565. The summed E-state index contributed by atoms with van der Waals surface area (Å²) in [6, 6.07) is 6.28. The lowest BCUT2D eigenvalue weighted by molar-refractivity contribution is -0.132. The molecule has 1 amide bonds. The van der Waals surface area contributed by atoms with Gasteiger partial charge in [-0.2, -0.15) is 0 Å². The van der Waals surface area contributed by atoms with Crippen molar-refractivity contribution in [2.75, 3.05) is 33.8 Å². The second kappa shape index (κ2) is 9.09. The number of aromatic nitrogens is 1. The number of ketones is 1. The van der Waals surface area contributed by atoms with Gasteiger partial charge in [0.2, 0.25) is 5.91 Å². The van der Waals surface area contributed by atoms with Gasteiger partial charge in [0.05, 0.1) is 5.52 Å². The van der Waals surface area contributed by atoms with Crippen LogP contribution in [0.2, 0.25) is 0 Å². The van der Waals surface area contributed by atoms with Crippen molar-refractivity contribution in [2.24, 2.45) is 5.92 Å². The summed E-state index contributed by atoms with van der Waals surface area (Å²) in [4.78, 5) is 29.5. The van der Waals surface area contributed by atoms with Crippen LogP contribution in [0.1, 0.15) is 42.6 Å². The van der Waals surface area contributed by atoms with Crippen LogP contribution >= 0.6 is 0 Å². The highest BCUT2D eigenvalue weighted by Gasteiger charge is 2.28. The second-order valence-corrected chi connectivity index (χ2v) is 8.44. The number of aliphatic hydroxyl groups excluding tert-OH is 1. The predicted molar refractivity (Wildman–Crippen MR) is 115 cm³/mol. The maximum absolute atomic E-state index is 13.3. The van der Waals surface area contributed by atoms with E-state index in [1.54, 1.807) is 6.92 Å². The quantitative estimate of drug-likeness (QED) is 0.759. The molecule has 1 aromatic heterocycles. The molecule has 1 N–H and O–H groups in total. The second-order valence-electron chi connectivity index (χ2n) is 8.44. The van der Waals surface area contributed by atoms with Crippen molar-refractivity contribution in [1.82, 2.24) is 14.4 Å². The number of amides is 1. The number of likely N-dealkylation sites (tertiary alicyclic amines) is 1. The average molecular weight is 400 g/mol. The minimum Gasteiger partial charge on any atom is -0.396 e. The zero-order valence-electron chi connectivity index (χ0n) is 18.0. The Morgan fingerprint density at radius 2 is 1.97 bits per heavy atom. The van der Waals surface area contributed by atoms with E-state index in [9.17, 15) is 14.7 Å². The lowest BCUT2D eigenvalue weighted by Gasteiger charge is -2.29. The van der Waals surface area contributed by atoms with Gasteiger partial charge in [0.1, 0.15) is 6.54 Å². The monoisotopic (exact) mass is 399 g/mol. The van der Waals surface area contributed by atoms with Crippen LogP contribution in [0, 0.1) is 5.92 Å². The van der Waals surface area contributed by atoms with Gasteiger partial charge in [-0.1, -0.05) is 25.1 Å². The van der Waals surface area contributed by atoms with E-state index in [1.165, 1.54) is 0 Å². The van der Waals surface area contributed by atoms with Gasteiger partial charge >= 0.3 is 0 Å². The molecule has 2 aromatic rings. The van der Waals surface area contributed by atoms with Crippen molar-refractivity contribution in [3.05, 3.63) is 35.5 Å². The Labute approximate surface area is 173 Å². The van der Waals surface area contributed by atoms with Crippen molar-refractivity contribution < 1.29 is 14.7 Å². The lowest BCUT2D eigenvalue weighted by atomic mass is 10.0. The molecule has 1 saturated heterocycles. The lowest BCUT2D eigenvalue weighted by Crippen LogP contribution is -2.44. The van der Waals surface area contributed by atoms with Gasteiger partial charge in [-0.25, -0.2) is 0 Å². The van der Waals surface area contributed by atoms with Crippen LogP contribution in [0.4, 0.5) is 0 Å². The van der Waals surface area contributed by atoms with Crippen LogP contribution in [-0.2, 0) is 17.8 Å². The molecule has 3 rings (SSSR count). The largest absolute Gasteiger partial charge is 0.396 e. The Kier molecular flexibility index (Phi) is 6.75. The van der Waals surface area contributed by atoms with Gasteiger partial charge in [0.15, 0.2) is 5.78 Å². The topological polar surface area (TPSA) is 65.8 Å². The number of rotatable bonds is 6. The molecule has 1 fully saturated rings. The molecule has 1 aliphatic heterocycles. The highest BCUT2D eigenvalue weighted by Crippen LogP contribution is 2.27. The number of carbonyl (C=O) groups excluding carboxylic acids is 2. The molecule has 0 bridgehead atoms. The Hall–Kier alpha value is -2.18. The van der Waals surface area contributed by atoms with Gasteiger partial charge in [-0.3, -0.25) is 9.59 Å². The predicted octanol–water partition coefficient (Wildman–Crippen LogP) is 2.57. The Balaban J connectivity index is 1.93. The molecule has 0 spiro atoms. The molecule has 1 aliphatic rings. The van der Waals surface area contributed by atoms with Crippen molar-refractivity contribution in [3.63, 3.8) is 0 Å². The number of benzene rings is 1. The van der Waals surface area contributed by atoms with E-state index in [0.717, 1.165) is 35.7 Å².